The second-order valence-electron chi connectivity index (χ2n) is 13.2. The summed E-state index contributed by atoms with van der Waals surface area (Å²) in [6.45, 7) is 0. The first-order valence-electron chi connectivity index (χ1n) is 17.4. The number of fused-ring (bicyclic) bond motifs is 10. The zero-order valence-corrected chi connectivity index (χ0v) is 27.5. The number of hydrogen-bond acceptors (Lipinski definition) is 1. The van der Waals surface area contributed by atoms with Crippen LogP contribution in [0.2, 0.25) is 0 Å². The van der Waals surface area contributed by atoms with Gasteiger partial charge in [0.25, 0.3) is 0 Å². The Kier molecular flexibility index (Phi) is 6.47. The Hall–Kier alpha value is -6.44. The van der Waals surface area contributed by atoms with Crippen LogP contribution in [0.1, 0.15) is 22.3 Å². The van der Waals surface area contributed by atoms with E-state index in [0.29, 0.717) is 0 Å². The van der Waals surface area contributed by atoms with Gasteiger partial charge in [-0.05, 0) is 103 Å². The van der Waals surface area contributed by atoms with E-state index >= 15 is 0 Å². The molecule has 1 nitrogen and oxygen atoms in total. The van der Waals surface area contributed by atoms with Gasteiger partial charge in [-0.25, -0.2) is 0 Å². The molecule has 0 N–H and O–H groups in total. The van der Waals surface area contributed by atoms with Crippen molar-refractivity contribution in [3.05, 3.63) is 222 Å². The number of anilines is 3. The molecule has 2 aliphatic carbocycles. The third kappa shape index (κ3) is 4.14. The van der Waals surface area contributed by atoms with Gasteiger partial charge in [0.1, 0.15) is 0 Å². The normalized spacial score (nSPS) is 13.0. The molecule has 1 spiro atoms. The highest BCUT2D eigenvalue weighted by Crippen LogP contribution is 2.63. The molecule has 0 heterocycles. The number of nitrogens with zero attached hydrogens (tertiary/aromatic N) is 1. The molecule has 0 atom stereocenters. The van der Waals surface area contributed by atoms with Crippen molar-refractivity contribution in [2.24, 2.45) is 0 Å². The zero-order valence-electron chi connectivity index (χ0n) is 27.5. The Labute approximate surface area is 293 Å². The van der Waals surface area contributed by atoms with Gasteiger partial charge in [-0.15, -0.1) is 0 Å². The third-order valence-electron chi connectivity index (χ3n) is 10.7. The van der Waals surface area contributed by atoms with Crippen LogP contribution in [0, 0.1) is 0 Å². The third-order valence-corrected chi connectivity index (χ3v) is 10.7. The van der Waals surface area contributed by atoms with Crippen LogP contribution in [0.5, 0.6) is 0 Å². The molecule has 0 unspecified atom stereocenters. The molecule has 0 radical (unpaired) electrons. The highest BCUT2D eigenvalue weighted by molar-refractivity contribution is 6.00. The number of hydrogen-bond donors (Lipinski definition) is 0. The second-order valence-corrected chi connectivity index (χ2v) is 13.2. The molecule has 2 aliphatic rings. The molecule has 234 valence electrons. The first kappa shape index (κ1) is 28.6. The van der Waals surface area contributed by atoms with Crippen molar-refractivity contribution in [1.29, 1.82) is 0 Å². The summed E-state index contributed by atoms with van der Waals surface area (Å²) in [5.74, 6) is 0. The van der Waals surface area contributed by atoms with E-state index in [2.05, 4.69) is 205 Å². The Morgan fingerprint density at radius 3 is 1.26 bits per heavy atom. The minimum absolute atomic E-state index is 0.342. The first-order valence-corrected chi connectivity index (χ1v) is 17.4. The Morgan fingerprint density at radius 1 is 0.260 bits per heavy atom. The molecule has 0 aromatic heterocycles. The van der Waals surface area contributed by atoms with E-state index in [4.69, 9.17) is 0 Å². The van der Waals surface area contributed by atoms with E-state index in [1.807, 2.05) is 0 Å². The minimum Gasteiger partial charge on any atom is -0.311 e. The molecule has 1 heteroatoms. The van der Waals surface area contributed by atoms with Crippen molar-refractivity contribution < 1.29 is 0 Å². The van der Waals surface area contributed by atoms with Crippen molar-refractivity contribution in [3.63, 3.8) is 0 Å². The van der Waals surface area contributed by atoms with Gasteiger partial charge in [0, 0.05) is 17.1 Å². The maximum absolute atomic E-state index is 2.36. The van der Waals surface area contributed by atoms with E-state index in [9.17, 15) is 0 Å². The van der Waals surface area contributed by atoms with E-state index in [1.54, 1.807) is 0 Å². The fourth-order valence-electron chi connectivity index (χ4n) is 8.63. The zero-order chi connectivity index (χ0) is 33.1. The molecule has 10 rings (SSSR count). The van der Waals surface area contributed by atoms with Crippen LogP contribution in [0.15, 0.2) is 200 Å². The summed E-state index contributed by atoms with van der Waals surface area (Å²) in [5, 5.41) is 0. The summed E-state index contributed by atoms with van der Waals surface area (Å²) in [5.41, 5.74) is 18.7. The number of benzene rings is 8. The lowest BCUT2D eigenvalue weighted by Crippen LogP contribution is -2.25. The molecule has 0 saturated heterocycles. The van der Waals surface area contributed by atoms with E-state index in [-0.39, 0.29) is 5.41 Å². The molecule has 0 amide bonds. The van der Waals surface area contributed by atoms with Crippen molar-refractivity contribution in [2.45, 2.75) is 5.41 Å². The van der Waals surface area contributed by atoms with Gasteiger partial charge in [0.05, 0.1) is 5.41 Å². The molecule has 0 fully saturated rings. The van der Waals surface area contributed by atoms with Crippen LogP contribution in [0.25, 0.3) is 44.5 Å². The van der Waals surface area contributed by atoms with E-state index in [0.717, 1.165) is 17.1 Å². The summed E-state index contributed by atoms with van der Waals surface area (Å²) < 4.78 is 0. The molecule has 50 heavy (non-hydrogen) atoms. The van der Waals surface area contributed by atoms with Gasteiger partial charge in [-0.3, -0.25) is 0 Å². The summed E-state index contributed by atoms with van der Waals surface area (Å²) in [4.78, 5) is 2.34. The monoisotopic (exact) mass is 635 g/mol. The maximum Gasteiger partial charge on any atom is 0.0725 e. The smallest absolute Gasteiger partial charge is 0.0725 e. The minimum atomic E-state index is -0.342. The molecule has 8 aromatic rings. The van der Waals surface area contributed by atoms with Gasteiger partial charge in [-0.1, -0.05) is 164 Å². The average Bonchev–Trinajstić information content (AvgIpc) is 3.67. The van der Waals surface area contributed by atoms with E-state index in [1.165, 1.54) is 66.8 Å². The predicted molar refractivity (Wildman–Crippen MR) is 208 cm³/mol. The van der Waals surface area contributed by atoms with Gasteiger partial charge in [0.2, 0.25) is 0 Å². The lowest BCUT2D eigenvalue weighted by molar-refractivity contribution is 0.794. The molecular formula is C49H33N. The summed E-state index contributed by atoms with van der Waals surface area (Å²) in [6, 6.07) is 73.2. The Bertz CT molecular complexity index is 2470. The molecule has 0 saturated carbocycles. The lowest BCUT2D eigenvalue weighted by atomic mass is 9.70. The summed E-state index contributed by atoms with van der Waals surface area (Å²) in [7, 11) is 0. The standard InChI is InChI=1S/C49H33N/c1-3-14-34(15-4-1)35-26-30-38(31-27-35)50(37-16-5-2-6-17-37)39-32-28-36(29-33-39)40-21-13-25-47-48(40)43-20-9-12-24-46(43)49(47)44-22-10-7-18-41(44)42-19-8-11-23-45(42)49/h1-33H. The summed E-state index contributed by atoms with van der Waals surface area (Å²) >= 11 is 0. The first-order chi connectivity index (χ1) is 24.8. The summed E-state index contributed by atoms with van der Waals surface area (Å²) in [6.07, 6.45) is 0. The fraction of sp³-hybridized carbons (Fsp3) is 0.0204. The van der Waals surface area contributed by atoms with Gasteiger partial charge in [-0.2, -0.15) is 0 Å². The van der Waals surface area contributed by atoms with Gasteiger partial charge >= 0.3 is 0 Å². The van der Waals surface area contributed by atoms with Crippen molar-refractivity contribution in [1.82, 2.24) is 0 Å². The molecular weight excluding hydrogens is 603 g/mol. The van der Waals surface area contributed by atoms with Crippen LogP contribution in [0.4, 0.5) is 17.1 Å². The average molecular weight is 636 g/mol. The van der Waals surface area contributed by atoms with Crippen molar-refractivity contribution in [2.75, 3.05) is 4.90 Å². The van der Waals surface area contributed by atoms with Crippen molar-refractivity contribution in [3.8, 4) is 44.5 Å². The molecule has 8 aromatic carbocycles. The Balaban J connectivity index is 1.11. The number of para-hydroxylation sites is 1. The highest BCUT2D eigenvalue weighted by atomic mass is 15.1. The molecule has 0 bridgehead atoms. The topological polar surface area (TPSA) is 3.24 Å². The molecule has 0 aliphatic heterocycles. The van der Waals surface area contributed by atoms with Gasteiger partial charge < -0.3 is 4.90 Å². The maximum atomic E-state index is 2.36. The van der Waals surface area contributed by atoms with E-state index < -0.39 is 0 Å². The van der Waals surface area contributed by atoms with Crippen LogP contribution in [-0.4, -0.2) is 0 Å². The van der Waals surface area contributed by atoms with Crippen LogP contribution in [-0.2, 0) is 5.41 Å². The largest absolute Gasteiger partial charge is 0.311 e. The number of rotatable bonds is 5. The van der Waals surface area contributed by atoms with Crippen LogP contribution < -0.4 is 4.90 Å². The highest BCUT2D eigenvalue weighted by Gasteiger charge is 2.51. The lowest BCUT2D eigenvalue weighted by Gasteiger charge is -2.30. The Morgan fingerprint density at radius 2 is 0.660 bits per heavy atom. The SMILES string of the molecule is c1ccc(-c2ccc(N(c3ccccc3)c3ccc(-c4cccc5c4-c4ccccc4C54c5ccccc5-c5ccccc54)cc3)cc2)cc1. The van der Waals surface area contributed by atoms with Crippen LogP contribution in [0.3, 0.4) is 0 Å². The predicted octanol–water partition coefficient (Wildman–Crippen LogP) is 12.8. The quantitative estimate of drug-likeness (QED) is 0.182. The fourth-order valence-corrected chi connectivity index (χ4v) is 8.63. The van der Waals surface area contributed by atoms with Crippen LogP contribution >= 0.6 is 0 Å². The van der Waals surface area contributed by atoms with Gasteiger partial charge in [0.15, 0.2) is 0 Å². The second kappa shape index (κ2) is 11.3. The van der Waals surface area contributed by atoms with Crippen molar-refractivity contribution >= 4 is 17.1 Å².